The van der Waals surface area contributed by atoms with Gasteiger partial charge in [-0.2, -0.15) is 0 Å². The third-order valence-corrected chi connectivity index (χ3v) is 6.15. The van der Waals surface area contributed by atoms with Gasteiger partial charge >= 0.3 is 0 Å². The SMILES string of the molecule is CCCN=C1S/C(=C\Cc2ccc(OC[C@H](O)CO)c(Cl)c2)C(=O)N1c1ccccc1C. The minimum Gasteiger partial charge on any atom is -0.489 e. The highest BCUT2D eigenvalue weighted by Gasteiger charge is 2.34. The molecular formula is C24H27ClN2O4S. The van der Waals surface area contributed by atoms with E-state index < -0.39 is 6.10 Å². The van der Waals surface area contributed by atoms with E-state index in [4.69, 9.17) is 21.4 Å². The number of aliphatic imine (C=N–C) groups is 1. The zero-order chi connectivity index (χ0) is 23.1. The van der Waals surface area contributed by atoms with Gasteiger partial charge in [0, 0.05) is 6.54 Å². The van der Waals surface area contributed by atoms with Crippen LogP contribution in [-0.4, -0.2) is 47.2 Å². The lowest BCUT2D eigenvalue weighted by Crippen LogP contribution is -2.29. The van der Waals surface area contributed by atoms with Crippen LogP contribution in [0.3, 0.4) is 0 Å². The molecule has 2 N–H and O–H groups in total. The second-order valence-electron chi connectivity index (χ2n) is 7.38. The smallest absolute Gasteiger partial charge is 0.271 e. The monoisotopic (exact) mass is 474 g/mol. The van der Waals surface area contributed by atoms with Crippen molar-refractivity contribution in [2.24, 2.45) is 4.99 Å². The van der Waals surface area contributed by atoms with Crippen molar-refractivity contribution in [2.45, 2.75) is 32.8 Å². The van der Waals surface area contributed by atoms with E-state index in [0.717, 1.165) is 23.2 Å². The maximum atomic E-state index is 13.2. The number of allylic oxidation sites excluding steroid dienone is 1. The normalized spacial score (nSPS) is 17.4. The van der Waals surface area contributed by atoms with E-state index in [-0.39, 0.29) is 19.1 Å². The van der Waals surface area contributed by atoms with Gasteiger partial charge in [0.15, 0.2) is 5.17 Å². The Morgan fingerprint density at radius 3 is 2.75 bits per heavy atom. The lowest BCUT2D eigenvalue weighted by atomic mass is 10.1. The second kappa shape index (κ2) is 11.5. The maximum Gasteiger partial charge on any atom is 0.271 e. The number of para-hydroxylation sites is 1. The molecule has 1 saturated heterocycles. The van der Waals surface area contributed by atoms with Crippen molar-refractivity contribution in [1.29, 1.82) is 0 Å². The Morgan fingerprint density at radius 2 is 2.06 bits per heavy atom. The molecule has 3 rings (SSSR count). The Morgan fingerprint density at radius 1 is 1.28 bits per heavy atom. The number of aliphatic hydroxyl groups excluding tert-OH is 2. The lowest BCUT2D eigenvalue weighted by molar-refractivity contribution is -0.113. The predicted octanol–water partition coefficient (Wildman–Crippen LogP) is 4.35. The molecule has 2 aromatic carbocycles. The quantitative estimate of drug-likeness (QED) is 0.528. The molecule has 1 atom stereocenters. The van der Waals surface area contributed by atoms with E-state index in [1.54, 1.807) is 17.0 Å². The summed E-state index contributed by atoms with van der Waals surface area (Å²) in [7, 11) is 0. The number of carbonyl (C=O) groups excluding carboxylic acids is 1. The number of anilines is 1. The van der Waals surface area contributed by atoms with Gasteiger partial charge in [-0.05, 0) is 60.9 Å². The molecular weight excluding hydrogens is 448 g/mol. The molecule has 0 aromatic heterocycles. The van der Waals surface area contributed by atoms with Gasteiger partial charge in [-0.15, -0.1) is 0 Å². The highest BCUT2D eigenvalue weighted by atomic mass is 35.5. The number of thioether (sulfide) groups is 1. The molecule has 0 aliphatic carbocycles. The number of halogens is 1. The van der Waals surface area contributed by atoms with Crippen LogP contribution in [0.4, 0.5) is 5.69 Å². The number of nitrogens with zero attached hydrogens (tertiary/aromatic N) is 2. The van der Waals surface area contributed by atoms with Gasteiger partial charge in [0.2, 0.25) is 0 Å². The maximum absolute atomic E-state index is 13.2. The molecule has 1 aliphatic heterocycles. The molecule has 170 valence electrons. The van der Waals surface area contributed by atoms with Gasteiger partial charge in [-0.3, -0.25) is 14.7 Å². The number of amidine groups is 1. The van der Waals surface area contributed by atoms with Gasteiger partial charge in [0.05, 0.1) is 22.2 Å². The van der Waals surface area contributed by atoms with Crippen molar-refractivity contribution in [3.63, 3.8) is 0 Å². The van der Waals surface area contributed by atoms with Crippen LogP contribution in [-0.2, 0) is 11.2 Å². The Hall–Kier alpha value is -2.32. The first-order valence-corrected chi connectivity index (χ1v) is 11.7. The minimum atomic E-state index is -0.958. The number of hydrogen-bond acceptors (Lipinski definition) is 6. The lowest BCUT2D eigenvalue weighted by Gasteiger charge is -2.18. The number of hydrogen-bond donors (Lipinski definition) is 2. The predicted molar refractivity (Wildman–Crippen MR) is 131 cm³/mol. The van der Waals surface area contributed by atoms with E-state index in [1.807, 2.05) is 43.3 Å². The molecule has 0 unspecified atom stereocenters. The summed E-state index contributed by atoms with van der Waals surface area (Å²) >= 11 is 7.68. The highest BCUT2D eigenvalue weighted by molar-refractivity contribution is 8.19. The van der Waals surface area contributed by atoms with Crippen molar-refractivity contribution in [1.82, 2.24) is 0 Å². The van der Waals surface area contributed by atoms with Crippen LogP contribution < -0.4 is 9.64 Å². The fraction of sp³-hybridized carbons (Fsp3) is 0.333. The largest absolute Gasteiger partial charge is 0.489 e. The van der Waals surface area contributed by atoms with E-state index in [1.165, 1.54) is 11.8 Å². The second-order valence-corrected chi connectivity index (χ2v) is 8.79. The summed E-state index contributed by atoms with van der Waals surface area (Å²) in [5, 5.41) is 19.4. The van der Waals surface area contributed by atoms with E-state index in [0.29, 0.717) is 33.8 Å². The van der Waals surface area contributed by atoms with Crippen LogP contribution in [0.2, 0.25) is 5.02 Å². The summed E-state index contributed by atoms with van der Waals surface area (Å²) in [5.74, 6) is 0.352. The topological polar surface area (TPSA) is 82.4 Å². The Labute approximate surface area is 197 Å². The van der Waals surface area contributed by atoms with Crippen LogP contribution in [0.5, 0.6) is 5.75 Å². The summed E-state index contributed by atoms with van der Waals surface area (Å²) < 4.78 is 5.43. The van der Waals surface area contributed by atoms with Gasteiger partial charge in [-0.1, -0.05) is 48.9 Å². The molecule has 1 fully saturated rings. The molecule has 2 aromatic rings. The molecule has 6 nitrogen and oxygen atoms in total. The van der Waals surface area contributed by atoms with Crippen LogP contribution >= 0.6 is 23.4 Å². The average molecular weight is 475 g/mol. The van der Waals surface area contributed by atoms with Gasteiger partial charge in [0.1, 0.15) is 18.5 Å². The number of benzene rings is 2. The minimum absolute atomic E-state index is 0.0423. The van der Waals surface area contributed by atoms with Crippen molar-refractivity contribution in [3.05, 3.63) is 69.6 Å². The van der Waals surface area contributed by atoms with Gasteiger partial charge < -0.3 is 14.9 Å². The summed E-state index contributed by atoms with van der Waals surface area (Å²) in [4.78, 5) is 20.2. The Bertz CT molecular complexity index is 1020. The number of carbonyl (C=O) groups is 1. The van der Waals surface area contributed by atoms with E-state index in [2.05, 4.69) is 11.9 Å². The van der Waals surface area contributed by atoms with E-state index in [9.17, 15) is 9.90 Å². The Balaban J connectivity index is 1.78. The highest BCUT2D eigenvalue weighted by Crippen LogP contribution is 2.36. The number of amides is 1. The average Bonchev–Trinajstić information content (AvgIpc) is 3.10. The zero-order valence-corrected chi connectivity index (χ0v) is 19.7. The third kappa shape index (κ3) is 5.92. The third-order valence-electron chi connectivity index (χ3n) is 4.79. The van der Waals surface area contributed by atoms with Crippen LogP contribution in [0, 0.1) is 6.92 Å². The molecule has 1 aliphatic rings. The van der Waals surface area contributed by atoms with Crippen LogP contribution in [0.25, 0.3) is 0 Å². The van der Waals surface area contributed by atoms with Crippen LogP contribution in [0.1, 0.15) is 24.5 Å². The number of aliphatic hydroxyl groups is 2. The van der Waals surface area contributed by atoms with Crippen molar-refractivity contribution in [2.75, 3.05) is 24.7 Å². The Kier molecular flexibility index (Phi) is 8.75. The summed E-state index contributed by atoms with van der Waals surface area (Å²) in [6, 6.07) is 13.1. The molecule has 0 radical (unpaired) electrons. The first kappa shape index (κ1) is 24.3. The molecule has 1 amide bonds. The van der Waals surface area contributed by atoms with Gasteiger partial charge in [0.25, 0.3) is 5.91 Å². The van der Waals surface area contributed by atoms with Crippen LogP contribution in [0.15, 0.2) is 58.4 Å². The molecule has 32 heavy (non-hydrogen) atoms. The fourth-order valence-corrected chi connectivity index (χ4v) is 4.32. The molecule has 0 bridgehead atoms. The molecule has 0 spiro atoms. The first-order valence-electron chi connectivity index (χ1n) is 10.5. The zero-order valence-electron chi connectivity index (χ0n) is 18.1. The van der Waals surface area contributed by atoms with Crippen molar-refractivity contribution in [3.8, 4) is 5.75 Å². The number of ether oxygens (including phenoxy) is 1. The molecule has 1 heterocycles. The fourth-order valence-electron chi connectivity index (χ4n) is 3.09. The number of aryl methyl sites for hydroxylation is 1. The van der Waals surface area contributed by atoms with Crippen molar-refractivity contribution < 1.29 is 19.7 Å². The standard InChI is InChI=1S/C24H27ClN2O4S/c1-3-12-26-24-27(20-7-5-4-6-16(20)2)23(30)22(32-24)11-9-17-8-10-21(19(25)13-17)31-15-18(29)14-28/h4-8,10-11,13,18,28-29H,3,9,12,14-15H2,1-2H3/b22-11-,26-24?/t18-/m1/s1. The molecule has 0 saturated carbocycles. The van der Waals surface area contributed by atoms with Gasteiger partial charge in [-0.25, -0.2) is 0 Å². The summed E-state index contributed by atoms with van der Waals surface area (Å²) in [6.07, 6.45) is 2.37. The number of rotatable bonds is 9. The first-order chi connectivity index (χ1) is 15.4. The summed E-state index contributed by atoms with van der Waals surface area (Å²) in [5.41, 5.74) is 2.78. The summed E-state index contributed by atoms with van der Waals surface area (Å²) in [6.45, 7) is 4.28. The molecule has 8 heteroatoms. The van der Waals surface area contributed by atoms with E-state index >= 15 is 0 Å². The van der Waals surface area contributed by atoms with Crippen molar-refractivity contribution >= 4 is 40.1 Å².